The average molecular weight is 255 g/mol. The second-order valence-electron chi connectivity index (χ2n) is 3.94. The molecule has 0 radical (unpaired) electrons. The molecular weight excluding hydrogens is 228 g/mol. The lowest BCUT2D eigenvalue weighted by Gasteiger charge is -2.34. The number of hydrogen-bond acceptors (Lipinski definition) is 4. The molecule has 0 aliphatic carbocycles. The Hall–Kier alpha value is -1.43. The van der Waals surface area contributed by atoms with Crippen LogP contribution >= 0.6 is 0 Å². The topological polar surface area (TPSA) is 61.6 Å². The van der Waals surface area contributed by atoms with Crippen molar-refractivity contribution in [3.05, 3.63) is 35.8 Å². The molecule has 1 aliphatic heterocycles. The zero-order valence-electron chi connectivity index (χ0n) is 16.9. The summed E-state index contributed by atoms with van der Waals surface area (Å²) in [6.45, 7) is -0.852. The van der Waals surface area contributed by atoms with Crippen LogP contribution in [0, 0.1) is 0 Å². The lowest BCUT2D eigenvalue weighted by molar-refractivity contribution is -0.122. The fourth-order valence-corrected chi connectivity index (χ4v) is 1.73. The van der Waals surface area contributed by atoms with E-state index in [0.717, 1.165) is 0 Å². The number of nitrogens with zero attached hydrogens (tertiary/aromatic N) is 2. The largest absolute Gasteiger partial charge is 0.297 e. The van der Waals surface area contributed by atoms with E-state index in [1.807, 2.05) is 5.43 Å². The van der Waals surface area contributed by atoms with Gasteiger partial charge in [-0.1, -0.05) is 30.2 Å². The fourth-order valence-electron chi connectivity index (χ4n) is 1.73. The number of piperazine rings is 1. The number of rotatable bonds is 4. The lowest BCUT2D eigenvalue weighted by Crippen LogP contribution is -2.49. The van der Waals surface area contributed by atoms with Crippen molar-refractivity contribution in [1.29, 1.82) is 0 Å². The quantitative estimate of drug-likeness (QED) is 0.444. The molecule has 0 atom stereocenters. The first-order valence-electron chi connectivity index (χ1n) is 9.15. The summed E-state index contributed by atoms with van der Waals surface area (Å²) < 4.78 is 55.6. The minimum atomic E-state index is -2.23. The Morgan fingerprint density at radius 3 is 2.50 bits per heavy atom. The number of nitrogens with two attached hydrogens (primary N) is 1. The van der Waals surface area contributed by atoms with Crippen molar-refractivity contribution in [2.75, 3.05) is 32.7 Å². The van der Waals surface area contributed by atoms with E-state index in [0.29, 0.717) is 13.1 Å². The molecule has 0 saturated carbocycles. The maximum atomic E-state index is 11.3. The van der Waals surface area contributed by atoms with Gasteiger partial charge in [-0.3, -0.25) is 20.0 Å². The summed E-state index contributed by atoms with van der Waals surface area (Å²) in [7, 11) is 0. The molecule has 0 bridgehead atoms. The third kappa shape index (κ3) is 3.80. The predicted octanol–water partition coefficient (Wildman–Crippen LogP) is -0.206. The van der Waals surface area contributed by atoms with Crippen molar-refractivity contribution in [3.8, 4) is 0 Å². The standard InChI is InChI=1S/C13H20N4O/c14-15-13(18)11-17-8-6-16(7-9-17)10-12-4-2-1-3-5-12/h1-5H,6-11,14H2,(H,15,18)/i1D,2D,3D,4D,5D,10D2. The first kappa shape index (κ1) is 6.65. The zero-order chi connectivity index (χ0) is 18.9. The van der Waals surface area contributed by atoms with Gasteiger partial charge in [0.2, 0.25) is 5.91 Å². The second-order valence-corrected chi connectivity index (χ2v) is 3.94. The molecule has 1 fully saturated rings. The molecule has 3 N–H and O–H groups in total. The van der Waals surface area contributed by atoms with Gasteiger partial charge in [0.25, 0.3) is 0 Å². The van der Waals surface area contributed by atoms with Crippen molar-refractivity contribution in [2.45, 2.75) is 6.50 Å². The molecule has 5 heteroatoms. The lowest BCUT2D eigenvalue weighted by atomic mass is 10.2. The van der Waals surface area contributed by atoms with Gasteiger partial charge in [-0.2, -0.15) is 0 Å². The molecular formula is C13H20N4O. The number of amides is 1. The molecule has 1 amide bonds. The molecule has 1 saturated heterocycles. The predicted molar refractivity (Wildman–Crippen MR) is 70.5 cm³/mol. The molecule has 0 unspecified atom stereocenters. The Labute approximate surface area is 117 Å². The summed E-state index contributed by atoms with van der Waals surface area (Å²) in [6.07, 6.45) is 0. The van der Waals surface area contributed by atoms with E-state index < -0.39 is 36.7 Å². The van der Waals surface area contributed by atoms with Crippen LogP contribution in [0.2, 0.25) is 0 Å². The number of hydrazine groups is 1. The third-order valence-electron chi connectivity index (χ3n) is 2.67. The highest BCUT2D eigenvalue weighted by molar-refractivity contribution is 5.77. The fraction of sp³-hybridized carbons (Fsp3) is 0.462. The molecule has 2 rings (SSSR count). The number of carbonyl (C=O) groups excluding carboxylic acids is 1. The van der Waals surface area contributed by atoms with Gasteiger partial charge in [-0.25, -0.2) is 5.84 Å². The smallest absolute Gasteiger partial charge is 0.248 e. The molecule has 0 spiro atoms. The Kier molecular flexibility index (Phi) is 2.40. The van der Waals surface area contributed by atoms with E-state index in [1.165, 1.54) is 4.90 Å². The summed E-state index contributed by atoms with van der Waals surface area (Å²) in [5.41, 5.74) is 1.67. The van der Waals surface area contributed by atoms with Crippen LogP contribution < -0.4 is 11.3 Å². The molecule has 1 aromatic carbocycles. The number of benzene rings is 1. The summed E-state index contributed by atoms with van der Waals surface area (Å²) in [4.78, 5) is 14.5. The minimum absolute atomic E-state index is 0.0992. The van der Waals surface area contributed by atoms with Gasteiger partial charge >= 0.3 is 0 Å². The first-order chi connectivity index (χ1) is 11.6. The summed E-state index contributed by atoms with van der Waals surface area (Å²) in [5, 5.41) is 0. The first-order valence-corrected chi connectivity index (χ1v) is 5.65. The summed E-state index contributed by atoms with van der Waals surface area (Å²) in [6, 6.07) is -2.75. The van der Waals surface area contributed by atoms with E-state index in [4.69, 9.17) is 15.4 Å². The van der Waals surface area contributed by atoms with E-state index in [2.05, 4.69) is 0 Å². The van der Waals surface area contributed by atoms with Crippen molar-refractivity contribution < 1.29 is 14.4 Å². The number of nitrogens with one attached hydrogen (secondary N) is 1. The Bertz CT molecular complexity index is 648. The highest BCUT2D eigenvalue weighted by Gasteiger charge is 2.18. The maximum absolute atomic E-state index is 11.3. The van der Waals surface area contributed by atoms with Gasteiger partial charge in [-0.15, -0.1) is 0 Å². The highest BCUT2D eigenvalue weighted by Crippen LogP contribution is 2.07. The van der Waals surface area contributed by atoms with Gasteiger partial charge in [0, 0.05) is 35.4 Å². The van der Waals surface area contributed by atoms with Crippen LogP contribution in [-0.2, 0) is 11.3 Å². The molecule has 0 aromatic heterocycles. The normalized spacial score (nSPS) is 23.9. The van der Waals surface area contributed by atoms with Crippen molar-refractivity contribution in [3.63, 3.8) is 0 Å². The third-order valence-corrected chi connectivity index (χ3v) is 2.67. The summed E-state index contributed by atoms with van der Waals surface area (Å²) in [5.74, 6) is 4.70. The van der Waals surface area contributed by atoms with E-state index >= 15 is 0 Å². The molecule has 98 valence electrons. The Morgan fingerprint density at radius 2 is 1.89 bits per heavy atom. The van der Waals surface area contributed by atoms with Gasteiger partial charge in [-0.05, 0) is 5.56 Å². The van der Waals surface area contributed by atoms with Gasteiger partial charge < -0.3 is 0 Å². The second kappa shape index (κ2) is 6.49. The van der Waals surface area contributed by atoms with E-state index in [9.17, 15) is 4.79 Å². The van der Waals surface area contributed by atoms with Crippen LogP contribution in [0.1, 0.15) is 15.2 Å². The average Bonchev–Trinajstić information content (AvgIpc) is 2.58. The molecule has 5 nitrogen and oxygen atoms in total. The van der Waals surface area contributed by atoms with Crippen molar-refractivity contribution in [2.24, 2.45) is 5.84 Å². The number of hydrogen-bond donors (Lipinski definition) is 2. The van der Waals surface area contributed by atoms with Crippen LogP contribution in [0.3, 0.4) is 0 Å². The van der Waals surface area contributed by atoms with Crippen LogP contribution in [0.5, 0.6) is 0 Å². The van der Waals surface area contributed by atoms with Crippen LogP contribution in [-0.4, -0.2) is 48.4 Å². The zero-order valence-corrected chi connectivity index (χ0v) is 9.92. The summed E-state index contributed by atoms with van der Waals surface area (Å²) >= 11 is 0. The van der Waals surface area contributed by atoms with E-state index in [-0.39, 0.29) is 31.1 Å². The molecule has 1 aliphatic rings. The van der Waals surface area contributed by atoms with Crippen molar-refractivity contribution in [1.82, 2.24) is 15.2 Å². The maximum Gasteiger partial charge on any atom is 0.248 e. The van der Waals surface area contributed by atoms with Crippen molar-refractivity contribution >= 4 is 5.91 Å². The van der Waals surface area contributed by atoms with Crippen LogP contribution in [0.25, 0.3) is 0 Å². The van der Waals surface area contributed by atoms with Gasteiger partial charge in [0.15, 0.2) is 0 Å². The Balaban J connectivity index is 2.25. The SMILES string of the molecule is [2H]c1c([2H])c([2H])c(C([2H])([2H])N2CCN(CC(=O)NN)CC2)c([2H])c1[2H]. The Morgan fingerprint density at radius 1 is 1.28 bits per heavy atom. The van der Waals surface area contributed by atoms with E-state index in [1.54, 1.807) is 4.90 Å². The van der Waals surface area contributed by atoms with Crippen LogP contribution in [0.4, 0.5) is 0 Å². The minimum Gasteiger partial charge on any atom is -0.297 e. The molecule has 1 heterocycles. The molecule has 1 aromatic rings. The van der Waals surface area contributed by atoms with Gasteiger partial charge in [0.05, 0.1) is 13.4 Å². The van der Waals surface area contributed by atoms with Crippen LogP contribution in [0.15, 0.2) is 30.2 Å². The van der Waals surface area contributed by atoms with Gasteiger partial charge in [0.1, 0.15) is 0 Å². The number of carbonyl (C=O) groups is 1. The monoisotopic (exact) mass is 255 g/mol. The molecule has 18 heavy (non-hydrogen) atoms. The highest BCUT2D eigenvalue weighted by atomic mass is 16.2.